The number of nitriles is 1. The fourth-order valence-electron chi connectivity index (χ4n) is 0.372. The molecule has 0 aliphatic heterocycles. The van der Waals surface area contributed by atoms with Crippen molar-refractivity contribution in [2.45, 2.75) is 0 Å². The third kappa shape index (κ3) is 2.01. The van der Waals surface area contributed by atoms with Gasteiger partial charge < -0.3 is 0 Å². The van der Waals surface area contributed by atoms with Crippen molar-refractivity contribution in [1.29, 1.82) is 5.26 Å². The third-order valence-electron chi connectivity index (χ3n) is 0.835. The first-order valence-electron chi connectivity index (χ1n) is 2.49. The summed E-state index contributed by atoms with van der Waals surface area (Å²) in [6.07, 6.45) is 1.80. The molecule has 5 heteroatoms. The van der Waals surface area contributed by atoms with Crippen LogP contribution in [0.1, 0.15) is 0 Å². The summed E-state index contributed by atoms with van der Waals surface area (Å²) in [5.74, 6) is 0.248. The zero-order chi connectivity index (χ0) is 7.98. The minimum atomic E-state index is 0.248. The SMILES string of the molecule is [C-]#[N+]NC(=NC)N(C)C#N. The van der Waals surface area contributed by atoms with Gasteiger partial charge in [0, 0.05) is 14.1 Å². The molecular weight excluding hydrogens is 130 g/mol. The van der Waals surface area contributed by atoms with Gasteiger partial charge in [-0.25, -0.2) is 4.90 Å². The van der Waals surface area contributed by atoms with Crippen molar-refractivity contribution in [3.8, 4) is 6.19 Å². The molecule has 0 aromatic carbocycles. The summed E-state index contributed by atoms with van der Waals surface area (Å²) in [4.78, 5) is 7.66. The highest BCUT2D eigenvalue weighted by atomic mass is 15.4. The molecule has 0 atom stereocenters. The Morgan fingerprint density at radius 3 is 2.80 bits per heavy atom. The van der Waals surface area contributed by atoms with Gasteiger partial charge in [0.15, 0.2) is 6.19 Å². The molecule has 0 aliphatic rings. The highest BCUT2D eigenvalue weighted by Gasteiger charge is 2.03. The highest BCUT2D eigenvalue weighted by Crippen LogP contribution is 1.79. The van der Waals surface area contributed by atoms with Crippen LogP contribution in [-0.2, 0) is 0 Å². The molecule has 0 radical (unpaired) electrons. The second-order valence-corrected chi connectivity index (χ2v) is 1.43. The van der Waals surface area contributed by atoms with Gasteiger partial charge in [0.2, 0.25) is 0 Å². The van der Waals surface area contributed by atoms with Crippen LogP contribution in [-0.4, -0.2) is 25.0 Å². The van der Waals surface area contributed by atoms with Crippen molar-refractivity contribution in [1.82, 2.24) is 10.3 Å². The van der Waals surface area contributed by atoms with E-state index >= 15 is 0 Å². The summed E-state index contributed by atoms with van der Waals surface area (Å²) in [5, 5.41) is 8.32. The van der Waals surface area contributed by atoms with Crippen molar-refractivity contribution in [3.63, 3.8) is 0 Å². The topological polar surface area (TPSA) is 55.8 Å². The predicted molar refractivity (Wildman–Crippen MR) is 36.5 cm³/mol. The molecule has 0 aliphatic carbocycles. The second-order valence-electron chi connectivity index (χ2n) is 1.43. The Morgan fingerprint density at radius 2 is 2.50 bits per heavy atom. The monoisotopic (exact) mass is 137 g/mol. The number of rotatable bonds is 0. The predicted octanol–water partition coefficient (Wildman–Crippen LogP) is -0.191. The molecular formula is C5H7N5. The fraction of sp³-hybridized carbons (Fsp3) is 0.400. The zero-order valence-electron chi connectivity index (χ0n) is 5.79. The van der Waals surface area contributed by atoms with Crippen molar-refractivity contribution in [2.24, 2.45) is 4.99 Å². The molecule has 0 aromatic rings. The maximum atomic E-state index is 8.32. The van der Waals surface area contributed by atoms with Gasteiger partial charge >= 0.3 is 0 Å². The number of nitrogens with zero attached hydrogens (tertiary/aromatic N) is 4. The Balaban J connectivity index is 4.15. The molecule has 0 bridgehead atoms. The van der Waals surface area contributed by atoms with Crippen LogP contribution in [0.25, 0.3) is 4.95 Å². The van der Waals surface area contributed by atoms with Crippen LogP contribution in [0, 0.1) is 18.0 Å². The molecule has 0 saturated carbocycles. The van der Waals surface area contributed by atoms with Crippen LogP contribution in [0.4, 0.5) is 0 Å². The van der Waals surface area contributed by atoms with Crippen LogP contribution in [0.2, 0.25) is 0 Å². The van der Waals surface area contributed by atoms with Gasteiger partial charge in [-0.1, -0.05) is 5.43 Å². The van der Waals surface area contributed by atoms with E-state index in [0.29, 0.717) is 0 Å². The second kappa shape index (κ2) is 4.16. The van der Waals surface area contributed by atoms with E-state index in [1.54, 1.807) is 6.19 Å². The van der Waals surface area contributed by atoms with E-state index < -0.39 is 0 Å². The van der Waals surface area contributed by atoms with Gasteiger partial charge in [0.25, 0.3) is 5.96 Å². The maximum absolute atomic E-state index is 8.32. The van der Waals surface area contributed by atoms with Crippen LogP contribution in [0.3, 0.4) is 0 Å². The lowest BCUT2D eigenvalue weighted by atomic mass is 10.8. The standard InChI is InChI=1S/C5H7N5/c1-7-5(9-8-2)10(3)4-6/h1,3H3,(H,7,9). The van der Waals surface area contributed by atoms with E-state index in [2.05, 4.69) is 15.4 Å². The Hall–Kier alpha value is -1.75. The number of hydrogen-bond acceptors (Lipinski definition) is 2. The van der Waals surface area contributed by atoms with E-state index in [4.69, 9.17) is 11.8 Å². The Kier molecular flexibility index (Phi) is 3.43. The number of guanidine groups is 1. The van der Waals surface area contributed by atoms with E-state index in [-0.39, 0.29) is 5.96 Å². The molecule has 52 valence electrons. The summed E-state index contributed by atoms with van der Waals surface area (Å²) >= 11 is 0. The van der Waals surface area contributed by atoms with Crippen LogP contribution < -0.4 is 5.43 Å². The van der Waals surface area contributed by atoms with Gasteiger partial charge in [0.1, 0.15) is 0 Å². The zero-order valence-corrected chi connectivity index (χ0v) is 5.79. The molecule has 5 nitrogen and oxygen atoms in total. The largest absolute Gasteiger partial charge is 0.277 e. The highest BCUT2D eigenvalue weighted by molar-refractivity contribution is 5.81. The van der Waals surface area contributed by atoms with Crippen molar-refractivity contribution in [2.75, 3.05) is 14.1 Å². The maximum Gasteiger partial charge on any atom is 0.277 e. The third-order valence-corrected chi connectivity index (χ3v) is 0.835. The Morgan fingerprint density at radius 1 is 1.90 bits per heavy atom. The molecule has 0 spiro atoms. The van der Waals surface area contributed by atoms with Gasteiger partial charge in [-0.2, -0.15) is 16.8 Å². The van der Waals surface area contributed by atoms with E-state index in [9.17, 15) is 0 Å². The number of aliphatic imine (C=N–C) groups is 1. The van der Waals surface area contributed by atoms with Gasteiger partial charge in [0.05, 0.1) is 0 Å². The molecule has 0 fully saturated rings. The van der Waals surface area contributed by atoms with E-state index in [0.717, 1.165) is 4.90 Å². The summed E-state index contributed by atoms with van der Waals surface area (Å²) < 4.78 is 0. The van der Waals surface area contributed by atoms with Crippen LogP contribution in [0.15, 0.2) is 4.99 Å². The summed E-state index contributed by atoms with van der Waals surface area (Å²) in [6.45, 7) is 6.40. The van der Waals surface area contributed by atoms with Crippen LogP contribution >= 0.6 is 0 Å². The quantitative estimate of drug-likeness (QED) is 0.126. The van der Waals surface area contributed by atoms with Crippen LogP contribution in [0.5, 0.6) is 0 Å². The molecule has 0 rings (SSSR count). The molecule has 0 heterocycles. The summed E-state index contributed by atoms with van der Waals surface area (Å²) in [7, 11) is 3.02. The minimum absolute atomic E-state index is 0.248. The Labute approximate surface area is 59.4 Å². The molecule has 0 amide bonds. The average molecular weight is 137 g/mol. The van der Waals surface area contributed by atoms with Crippen molar-refractivity contribution >= 4 is 5.96 Å². The lowest BCUT2D eigenvalue weighted by molar-refractivity contribution is 0.681. The lowest BCUT2D eigenvalue weighted by Crippen LogP contribution is -2.31. The smallest absolute Gasteiger partial charge is 0.250 e. The molecule has 0 aromatic heterocycles. The first-order valence-corrected chi connectivity index (χ1v) is 2.49. The van der Waals surface area contributed by atoms with E-state index in [1.165, 1.54) is 14.1 Å². The number of hydrogen-bond donors (Lipinski definition) is 1. The van der Waals surface area contributed by atoms with Crippen molar-refractivity contribution < 1.29 is 0 Å². The minimum Gasteiger partial charge on any atom is -0.250 e. The van der Waals surface area contributed by atoms with Crippen molar-refractivity contribution in [3.05, 3.63) is 11.5 Å². The molecule has 0 saturated heterocycles. The lowest BCUT2D eigenvalue weighted by Gasteiger charge is -2.04. The summed E-state index contributed by atoms with van der Waals surface area (Å²) in [6, 6.07) is 0. The first kappa shape index (κ1) is 8.25. The Bertz CT molecular complexity index is 205. The molecule has 10 heavy (non-hydrogen) atoms. The average Bonchev–Trinajstić information content (AvgIpc) is 1.99. The molecule has 1 N–H and O–H groups in total. The summed E-state index contributed by atoms with van der Waals surface area (Å²) in [5.41, 5.74) is 2.23. The van der Waals surface area contributed by atoms with Gasteiger partial charge in [-0.15, -0.1) is 0 Å². The number of nitrogens with one attached hydrogen (secondary N) is 1. The van der Waals surface area contributed by atoms with Gasteiger partial charge in [-0.3, -0.25) is 4.99 Å². The normalized spacial score (nSPS) is 9.40. The van der Waals surface area contributed by atoms with Gasteiger partial charge in [-0.05, 0) is 0 Å². The first-order chi connectivity index (χ1) is 4.76. The fourth-order valence-corrected chi connectivity index (χ4v) is 0.372. The van der Waals surface area contributed by atoms with E-state index in [1.807, 2.05) is 0 Å². The molecule has 0 unspecified atom stereocenters.